The van der Waals surface area contributed by atoms with Crippen LogP contribution < -0.4 is 10.2 Å². The summed E-state index contributed by atoms with van der Waals surface area (Å²) in [7, 11) is 0. The Morgan fingerprint density at radius 1 is 1.14 bits per heavy atom. The largest absolute Gasteiger partial charge is 0.478 e. The number of aromatic nitrogens is 1. The molecule has 1 aromatic carbocycles. The van der Waals surface area contributed by atoms with Crippen molar-refractivity contribution in [3.63, 3.8) is 0 Å². The Bertz CT molecular complexity index is 869. The van der Waals surface area contributed by atoms with Gasteiger partial charge in [0.25, 0.3) is 0 Å². The molecule has 1 aromatic heterocycles. The van der Waals surface area contributed by atoms with Crippen molar-refractivity contribution in [3.05, 3.63) is 48.3 Å². The van der Waals surface area contributed by atoms with Crippen LogP contribution in [0.15, 0.2) is 42.7 Å². The van der Waals surface area contributed by atoms with Gasteiger partial charge in [-0.1, -0.05) is 30.3 Å². The van der Waals surface area contributed by atoms with E-state index in [-0.39, 0.29) is 11.6 Å². The highest BCUT2D eigenvalue weighted by Crippen LogP contribution is 2.35. The molecule has 154 valence electrons. The Balaban J connectivity index is 1.78. The van der Waals surface area contributed by atoms with Gasteiger partial charge in [-0.05, 0) is 39.2 Å². The van der Waals surface area contributed by atoms with Gasteiger partial charge in [0, 0.05) is 37.1 Å². The van der Waals surface area contributed by atoms with E-state index in [1.807, 2.05) is 51.1 Å². The van der Waals surface area contributed by atoms with Gasteiger partial charge in [-0.2, -0.15) is 0 Å². The molecule has 1 saturated heterocycles. The number of nitrogens with one attached hydrogen (secondary N) is 1. The van der Waals surface area contributed by atoms with Crippen LogP contribution in [0.25, 0.3) is 11.1 Å². The number of pyridine rings is 1. The summed E-state index contributed by atoms with van der Waals surface area (Å²) < 4.78 is 5.33. The van der Waals surface area contributed by atoms with E-state index in [0.717, 1.165) is 11.1 Å². The molecule has 1 fully saturated rings. The molecule has 2 aromatic rings. The van der Waals surface area contributed by atoms with Crippen LogP contribution in [-0.2, 0) is 4.74 Å². The molecule has 0 bridgehead atoms. The fourth-order valence-electron chi connectivity index (χ4n) is 3.50. The average Bonchev–Trinajstić information content (AvgIpc) is 2.67. The molecule has 29 heavy (non-hydrogen) atoms. The number of rotatable bonds is 4. The van der Waals surface area contributed by atoms with Gasteiger partial charge in [0.1, 0.15) is 11.2 Å². The summed E-state index contributed by atoms with van der Waals surface area (Å²) in [5.41, 5.74) is 2.04. The van der Waals surface area contributed by atoms with Gasteiger partial charge in [0.15, 0.2) is 0 Å². The van der Waals surface area contributed by atoms with E-state index in [9.17, 15) is 14.7 Å². The Kier molecular flexibility index (Phi) is 6.06. The molecule has 1 amide bonds. The number of hydrogen-bond acceptors (Lipinski definition) is 5. The first-order valence-electron chi connectivity index (χ1n) is 9.76. The van der Waals surface area contributed by atoms with E-state index >= 15 is 0 Å². The van der Waals surface area contributed by atoms with Crippen molar-refractivity contribution in [2.45, 2.75) is 45.3 Å². The molecule has 2 heterocycles. The SMILES string of the molecule is CC(C)(C)OC(=O)NC1CCN(c2c(C(=O)O)cncc2-c2ccccc2)CC1. The second kappa shape index (κ2) is 8.51. The molecule has 0 aliphatic carbocycles. The van der Waals surface area contributed by atoms with Crippen LogP contribution in [0.5, 0.6) is 0 Å². The quantitative estimate of drug-likeness (QED) is 0.812. The van der Waals surface area contributed by atoms with Crippen molar-refractivity contribution in [2.75, 3.05) is 18.0 Å². The molecule has 7 nitrogen and oxygen atoms in total. The highest BCUT2D eigenvalue weighted by molar-refractivity contribution is 5.99. The molecule has 1 aliphatic heterocycles. The summed E-state index contributed by atoms with van der Waals surface area (Å²) in [5, 5.41) is 12.6. The van der Waals surface area contributed by atoms with E-state index < -0.39 is 17.7 Å². The number of carbonyl (C=O) groups excluding carboxylic acids is 1. The molecule has 0 radical (unpaired) electrons. The topological polar surface area (TPSA) is 91.8 Å². The molecule has 0 saturated carbocycles. The third-order valence-corrected chi connectivity index (χ3v) is 4.76. The van der Waals surface area contributed by atoms with Crippen LogP contribution in [0.2, 0.25) is 0 Å². The monoisotopic (exact) mass is 397 g/mol. The van der Waals surface area contributed by atoms with Crippen molar-refractivity contribution in [1.29, 1.82) is 0 Å². The summed E-state index contributed by atoms with van der Waals surface area (Å²) in [6, 6.07) is 9.65. The fourth-order valence-corrected chi connectivity index (χ4v) is 3.50. The first-order valence-corrected chi connectivity index (χ1v) is 9.76. The van der Waals surface area contributed by atoms with E-state index in [1.165, 1.54) is 6.20 Å². The number of benzene rings is 1. The highest BCUT2D eigenvalue weighted by atomic mass is 16.6. The predicted molar refractivity (Wildman–Crippen MR) is 111 cm³/mol. The normalized spacial score (nSPS) is 15.1. The number of piperidine rings is 1. The molecule has 0 unspecified atom stereocenters. The minimum Gasteiger partial charge on any atom is -0.478 e. The van der Waals surface area contributed by atoms with Crippen LogP contribution in [0, 0.1) is 0 Å². The zero-order valence-corrected chi connectivity index (χ0v) is 17.0. The maximum atomic E-state index is 12.0. The van der Waals surface area contributed by atoms with Gasteiger partial charge < -0.3 is 20.1 Å². The number of carboxylic acids is 1. The smallest absolute Gasteiger partial charge is 0.407 e. The van der Waals surface area contributed by atoms with Crippen molar-refractivity contribution in [2.24, 2.45) is 0 Å². The average molecular weight is 397 g/mol. The predicted octanol–water partition coefficient (Wildman–Crippen LogP) is 3.94. The van der Waals surface area contributed by atoms with Crippen molar-refractivity contribution in [1.82, 2.24) is 10.3 Å². The summed E-state index contributed by atoms with van der Waals surface area (Å²) in [6.07, 6.45) is 4.09. The third-order valence-electron chi connectivity index (χ3n) is 4.76. The number of nitrogens with zero attached hydrogens (tertiary/aromatic N) is 2. The molecular formula is C22H27N3O4. The minimum atomic E-state index is -1.00. The van der Waals surface area contributed by atoms with E-state index in [1.54, 1.807) is 6.20 Å². The first kappa shape index (κ1) is 20.6. The first-order chi connectivity index (χ1) is 13.7. The van der Waals surface area contributed by atoms with Crippen molar-refractivity contribution in [3.8, 4) is 11.1 Å². The zero-order valence-electron chi connectivity index (χ0n) is 17.0. The van der Waals surface area contributed by atoms with E-state index in [4.69, 9.17) is 4.74 Å². The molecular weight excluding hydrogens is 370 g/mol. The maximum Gasteiger partial charge on any atom is 0.407 e. The van der Waals surface area contributed by atoms with Gasteiger partial charge in [-0.3, -0.25) is 4.98 Å². The van der Waals surface area contributed by atoms with E-state index in [2.05, 4.69) is 15.2 Å². The fraction of sp³-hybridized carbons (Fsp3) is 0.409. The number of aromatic carboxylic acids is 1. The van der Waals surface area contributed by atoms with Crippen LogP contribution in [0.4, 0.5) is 10.5 Å². The van der Waals surface area contributed by atoms with Crippen LogP contribution in [-0.4, -0.2) is 46.9 Å². The number of alkyl carbamates (subject to hydrolysis) is 1. The van der Waals surface area contributed by atoms with Gasteiger partial charge >= 0.3 is 12.1 Å². The Labute approximate surface area is 170 Å². The molecule has 7 heteroatoms. The number of anilines is 1. The molecule has 2 N–H and O–H groups in total. The maximum absolute atomic E-state index is 12.0. The number of ether oxygens (including phenoxy) is 1. The number of hydrogen-bond donors (Lipinski definition) is 2. The standard InChI is InChI=1S/C22H27N3O4/c1-22(2,3)29-21(28)24-16-9-11-25(12-10-16)19-17(15-7-5-4-6-8-15)13-23-14-18(19)20(26)27/h4-8,13-14,16H,9-12H2,1-3H3,(H,24,28)(H,26,27). The molecule has 0 spiro atoms. The van der Waals surface area contributed by atoms with Crippen molar-refractivity contribution >= 4 is 17.7 Å². The van der Waals surface area contributed by atoms with Crippen LogP contribution in [0.3, 0.4) is 0 Å². The lowest BCUT2D eigenvalue weighted by Gasteiger charge is -2.36. The summed E-state index contributed by atoms with van der Waals surface area (Å²) in [5.74, 6) is -1.00. The summed E-state index contributed by atoms with van der Waals surface area (Å²) in [6.45, 7) is 6.75. The van der Waals surface area contributed by atoms with Crippen LogP contribution >= 0.6 is 0 Å². The zero-order chi connectivity index (χ0) is 21.0. The third kappa shape index (κ3) is 5.25. The van der Waals surface area contributed by atoms with Gasteiger partial charge in [-0.25, -0.2) is 9.59 Å². The van der Waals surface area contributed by atoms with E-state index in [0.29, 0.717) is 31.6 Å². The lowest BCUT2D eigenvalue weighted by atomic mass is 9.98. The molecule has 3 rings (SSSR count). The Hall–Kier alpha value is -3.09. The minimum absolute atomic E-state index is 0.00334. The van der Waals surface area contributed by atoms with Crippen LogP contribution in [0.1, 0.15) is 44.0 Å². The lowest BCUT2D eigenvalue weighted by molar-refractivity contribution is 0.0497. The number of carbonyl (C=O) groups is 2. The number of carboxylic acid groups (broad SMARTS) is 1. The number of amides is 1. The van der Waals surface area contributed by atoms with Crippen molar-refractivity contribution < 1.29 is 19.4 Å². The second-order valence-corrected chi connectivity index (χ2v) is 8.16. The van der Waals surface area contributed by atoms with Gasteiger partial charge in [0.05, 0.1) is 5.69 Å². The Morgan fingerprint density at radius 3 is 2.38 bits per heavy atom. The summed E-state index contributed by atoms with van der Waals surface area (Å²) >= 11 is 0. The second-order valence-electron chi connectivity index (χ2n) is 8.16. The Morgan fingerprint density at radius 2 is 1.79 bits per heavy atom. The van der Waals surface area contributed by atoms with Gasteiger partial charge in [-0.15, -0.1) is 0 Å². The highest BCUT2D eigenvalue weighted by Gasteiger charge is 2.27. The van der Waals surface area contributed by atoms with Gasteiger partial charge in [0.2, 0.25) is 0 Å². The lowest BCUT2D eigenvalue weighted by Crippen LogP contribution is -2.46. The summed E-state index contributed by atoms with van der Waals surface area (Å²) in [4.78, 5) is 30.1. The molecule has 0 atom stereocenters. The molecule has 1 aliphatic rings.